The van der Waals surface area contributed by atoms with Crippen LogP contribution < -0.4 is 5.32 Å². The second-order valence-electron chi connectivity index (χ2n) is 6.75. The van der Waals surface area contributed by atoms with Crippen molar-refractivity contribution in [2.75, 3.05) is 11.1 Å². The SMILES string of the molecule is CCSc1nnc(-c2cnn3c2NC(c2ccccc2)C3)n1-c1cccc(F)c1. The Morgan fingerprint density at radius 3 is 2.79 bits per heavy atom. The lowest BCUT2D eigenvalue weighted by molar-refractivity contribution is 0.617. The van der Waals surface area contributed by atoms with Crippen LogP contribution >= 0.6 is 11.8 Å². The van der Waals surface area contributed by atoms with E-state index in [1.165, 1.54) is 17.7 Å². The predicted octanol–water partition coefficient (Wildman–Crippen LogP) is 4.55. The molecule has 2 aromatic carbocycles. The van der Waals surface area contributed by atoms with E-state index in [9.17, 15) is 4.39 Å². The van der Waals surface area contributed by atoms with Crippen LogP contribution in [0.1, 0.15) is 18.5 Å². The molecule has 3 heterocycles. The average Bonchev–Trinajstić information content (AvgIpc) is 3.43. The number of nitrogens with zero attached hydrogens (tertiary/aromatic N) is 5. The number of halogens is 1. The zero-order valence-electron chi connectivity index (χ0n) is 15.8. The highest BCUT2D eigenvalue weighted by Crippen LogP contribution is 2.37. The fourth-order valence-electron chi connectivity index (χ4n) is 3.61. The number of aromatic nitrogens is 5. The van der Waals surface area contributed by atoms with Gasteiger partial charge in [0.05, 0.1) is 30.0 Å². The topological polar surface area (TPSA) is 60.6 Å². The highest BCUT2D eigenvalue weighted by atomic mass is 32.2. The van der Waals surface area contributed by atoms with Gasteiger partial charge in [-0.2, -0.15) is 5.10 Å². The molecule has 6 nitrogen and oxygen atoms in total. The second kappa shape index (κ2) is 7.36. The van der Waals surface area contributed by atoms with Crippen LogP contribution in [0.5, 0.6) is 0 Å². The summed E-state index contributed by atoms with van der Waals surface area (Å²) in [5, 5.41) is 17.6. The van der Waals surface area contributed by atoms with E-state index < -0.39 is 0 Å². The number of anilines is 1. The van der Waals surface area contributed by atoms with Gasteiger partial charge in [-0.1, -0.05) is 55.1 Å². The van der Waals surface area contributed by atoms with E-state index in [1.54, 1.807) is 24.0 Å². The minimum atomic E-state index is -0.294. The lowest BCUT2D eigenvalue weighted by Gasteiger charge is -2.12. The molecule has 1 N–H and O–H groups in total. The molecule has 0 radical (unpaired) electrons. The zero-order valence-corrected chi connectivity index (χ0v) is 16.6. The third kappa shape index (κ3) is 3.19. The third-order valence-corrected chi connectivity index (χ3v) is 5.73. The molecule has 0 saturated heterocycles. The Morgan fingerprint density at radius 1 is 1.14 bits per heavy atom. The summed E-state index contributed by atoms with van der Waals surface area (Å²) in [5.74, 6) is 2.09. The van der Waals surface area contributed by atoms with E-state index in [2.05, 4.69) is 39.7 Å². The number of benzene rings is 2. The van der Waals surface area contributed by atoms with Gasteiger partial charge in [0.15, 0.2) is 11.0 Å². The molecular weight excluding hydrogens is 387 g/mol. The van der Waals surface area contributed by atoms with E-state index >= 15 is 0 Å². The highest BCUT2D eigenvalue weighted by Gasteiger charge is 2.29. The summed E-state index contributed by atoms with van der Waals surface area (Å²) in [6, 6.07) is 16.9. The molecule has 4 aromatic rings. The normalized spacial score (nSPS) is 15.3. The van der Waals surface area contributed by atoms with E-state index in [1.807, 2.05) is 33.5 Å². The molecule has 1 unspecified atom stereocenters. The largest absolute Gasteiger partial charge is 0.361 e. The van der Waals surface area contributed by atoms with Crippen molar-refractivity contribution >= 4 is 17.6 Å². The standard InChI is InChI=1S/C21H19FN6S/c1-2-29-21-26-25-20(28(21)16-10-6-9-15(22)11-16)17-12-23-27-13-18(24-19(17)27)14-7-4-3-5-8-14/h3-12,18,24H,2,13H2,1H3. The van der Waals surface area contributed by atoms with Gasteiger partial charge in [-0.25, -0.2) is 9.07 Å². The molecular formula is C21H19FN6S. The van der Waals surface area contributed by atoms with E-state index in [0.29, 0.717) is 11.5 Å². The number of thioether (sulfide) groups is 1. The maximum atomic E-state index is 13.9. The minimum Gasteiger partial charge on any atom is -0.361 e. The van der Waals surface area contributed by atoms with Gasteiger partial charge in [0.1, 0.15) is 11.6 Å². The first kappa shape index (κ1) is 17.9. The van der Waals surface area contributed by atoms with E-state index in [-0.39, 0.29) is 11.9 Å². The van der Waals surface area contributed by atoms with Gasteiger partial charge in [-0.05, 0) is 29.5 Å². The molecule has 5 rings (SSSR count). The van der Waals surface area contributed by atoms with Crippen molar-refractivity contribution in [3.8, 4) is 17.1 Å². The Kier molecular flexibility index (Phi) is 4.55. The predicted molar refractivity (Wildman–Crippen MR) is 112 cm³/mol. The van der Waals surface area contributed by atoms with Gasteiger partial charge < -0.3 is 5.32 Å². The second-order valence-corrected chi connectivity index (χ2v) is 7.98. The van der Waals surface area contributed by atoms with Crippen molar-refractivity contribution in [1.82, 2.24) is 24.5 Å². The summed E-state index contributed by atoms with van der Waals surface area (Å²) < 4.78 is 17.8. The quantitative estimate of drug-likeness (QED) is 0.493. The van der Waals surface area contributed by atoms with Crippen molar-refractivity contribution in [3.05, 3.63) is 72.2 Å². The van der Waals surface area contributed by atoms with Crippen LogP contribution in [-0.2, 0) is 6.54 Å². The molecule has 1 aliphatic rings. The molecule has 8 heteroatoms. The van der Waals surface area contributed by atoms with Crippen LogP contribution in [0, 0.1) is 5.82 Å². The lowest BCUT2D eigenvalue weighted by Crippen LogP contribution is -2.07. The van der Waals surface area contributed by atoms with Gasteiger partial charge in [-0.15, -0.1) is 10.2 Å². The van der Waals surface area contributed by atoms with Crippen LogP contribution in [0.25, 0.3) is 17.1 Å². The number of fused-ring (bicyclic) bond motifs is 1. The number of hydrogen-bond donors (Lipinski definition) is 1. The molecule has 0 bridgehead atoms. The molecule has 0 aliphatic carbocycles. The molecule has 146 valence electrons. The van der Waals surface area contributed by atoms with Crippen LogP contribution in [0.4, 0.5) is 10.2 Å². The Labute approximate surface area is 171 Å². The molecule has 0 fully saturated rings. The number of nitrogens with one attached hydrogen (secondary N) is 1. The highest BCUT2D eigenvalue weighted by molar-refractivity contribution is 7.99. The number of hydrogen-bond acceptors (Lipinski definition) is 5. The van der Waals surface area contributed by atoms with Crippen molar-refractivity contribution in [2.45, 2.75) is 24.7 Å². The molecule has 1 atom stereocenters. The molecule has 0 spiro atoms. The maximum absolute atomic E-state index is 13.9. The Bertz CT molecular complexity index is 1150. The van der Waals surface area contributed by atoms with Gasteiger partial charge in [-0.3, -0.25) is 4.57 Å². The monoisotopic (exact) mass is 406 g/mol. The minimum absolute atomic E-state index is 0.147. The van der Waals surface area contributed by atoms with Crippen molar-refractivity contribution in [2.24, 2.45) is 0 Å². The Balaban J connectivity index is 1.57. The average molecular weight is 406 g/mol. The van der Waals surface area contributed by atoms with Gasteiger partial charge in [0, 0.05) is 0 Å². The molecule has 29 heavy (non-hydrogen) atoms. The zero-order chi connectivity index (χ0) is 19.8. The van der Waals surface area contributed by atoms with Crippen LogP contribution in [0.3, 0.4) is 0 Å². The summed E-state index contributed by atoms with van der Waals surface area (Å²) in [6.45, 7) is 2.79. The third-order valence-electron chi connectivity index (χ3n) is 4.92. The Hall–Kier alpha value is -3.13. The Morgan fingerprint density at radius 2 is 2.00 bits per heavy atom. The summed E-state index contributed by atoms with van der Waals surface area (Å²) >= 11 is 1.57. The van der Waals surface area contributed by atoms with Gasteiger partial charge in [0.2, 0.25) is 0 Å². The van der Waals surface area contributed by atoms with Crippen LogP contribution in [0.15, 0.2) is 66.0 Å². The first-order valence-electron chi connectivity index (χ1n) is 9.46. The van der Waals surface area contributed by atoms with Gasteiger partial charge in [0.25, 0.3) is 0 Å². The van der Waals surface area contributed by atoms with Crippen LogP contribution in [0.2, 0.25) is 0 Å². The molecule has 2 aromatic heterocycles. The first-order valence-corrected chi connectivity index (χ1v) is 10.4. The smallest absolute Gasteiger partial charge is 0.196 e. The van der Waals surface area contributed by atoms with Crippen molar-refractivity contribution in [3.63, 3.8) is 0 Å². The van der Waals surface area contributed by atoms with E-state index in [4.69, 9.17) is 0 Å². The fraction of sp³-hybridized carbons (Fsp3) is 0.190. The van der Waals surface area contributed by atoms with Crippen molar-refractivity contribution < 1.29 is 4.39 Å². The first-order chi connectivity index (χ1) is 14.2. The summed E-state index contributed by atoms with van der Waals surface area (Å²) in [5.41, 5.74) is 2.75. The van der Waals surface area contributed by atoms with Gasteiger partial charge >= 0.3 is 0 Å². The summed E-state index contributed by atoms with van der Waals surface area (Å²) in [4.78, 5) is 0. The molecule has 1 aliphatic heterocycles. The maximum Gasteiger partial charge on any atom is 0.196 e. The number of rotatable bonds is 5. The van der Waals surface area contributed by atoms with Crippen LogP contribution in [-0.4, -0.2) is 30.3 Å². The fourth-order valence-corrected chi connectivity index (χ4v) is 4.29. The summed E-state index contributed by atoms with van der Waals surface area (Å²) in [7, 11) is 0. The lowest BCUT2D eigenvalue weighted by atomic mass is 10.1. The molecule has 0 saturated carbocycles. The van der Waals surface area contributed by atoms with Crippen molar-refractivity contribution in [1.29, 1.82) is 0 Å². The summed E-state index contributed by atoms with van der Waals surface area (Å²) in [6.07, 6.45) is 1.80. The van der Waals surface area contributed by atoms with E-state index in [0.717, 1.165) is 28.8 Å². The molecule has 0 amide bonds.